The molecule has 1 aliphatic rings. The highest BCUT2D eigenvalue weighted by molar-refractivity contribution is 5.95. The monoisotopic (exact) mass is 269 g/mol. The minimum absolute atomic E-state index is 0.0566. The van der Waals surface area contributed by atoms with E-state index < -0.39 is 5.60 Å². The SMILES string of the molecule is CCCCC(C(N)=O)[C@H](CC(C)C)C(=O)[C@@]1(C)CO1. The fourth-order valence-electron chi connectivity index (χ4n) is 2.57. The molecule has 0 bridgehead atoms. The Labute approximate surface area is 116 Å². The number of epoxide rings is 1. The molecule has 0 aromatic rings. The molecule has 110 valence electrons. The second kappa shape index (κ2) is 6.51. The van der Waals surface area contributed by atoms with Crippen molar-refractivity contribution in [2.24, 2.45) is 23.5 Å². The summed E-state index contributed by atoms with van der Waals surface area (Å²) < 4.78 is 5.25. The van der Waals surface area contributed by atoms with Crippen LogP contribution >= 0.6 is 0 Å². The highest BCUT2D eigenvalue weighted by atomic mass is 16.6. The summed E-state index contributed by atoms with van der Waals surface area (Å²) in [7, 11) is 0. The number of Topliss-reactive ketones (excluding diaryl/α,β-unsaturated/α-hetero) is 1. The van der Waals surface area contributed by atoms with Crippen LogP contribution in [0.2, 0.25) is 0 Å². The summed E-state index contributed by atoms with van der Waals surface area (Å²) in [6.07, 6.45) is 3.33. The molecule has 1 unspecified atom stereocenters. The number of carbonyl (C=O) groups is 2. The molecule has 19 heavy (non-hydrogen) atoms. The van der Waals surface area contributed by atoms with Crippen LogP contribution < -0.4 is 5.73 Å². The van der Waals surface area contributed by atoms with E-state index in [0.717, 1.165) is 12.8 Å². The molecule has 0 saturated carbocycles. The van der Waals surface area contributed by atoms with E-state index in [1.807, 2.05) is 0 Å². The molecule has 1 fully saturated rings. The van der Waals surface area contributed by atoms with Gasteiger partial charge in [-0.15, -0.1) is 0 Å². The number of nitrogens with two attached hydrogens (primary N) is 1. The number of amides is 1. The van der Waals surface area contributed by atoms with Crippen molar-refractivity contribution in [3.63, 3.8) is 0 Å². The quantitative estimate of drug-likeness (QED) is 0.653. The van der Waals surface area contributed by atoms with E-state index >= 15 is 0 Å². The van der Waals surface area contributed by atoms with E-state index in [4.69, 9.17) is 10.5 Å². The Bertz CT molecular complexity index is 334. The van der Waals surface area contributed by atoms with E-state index in [-0.39, 0.29) is 23.5 Å². The first-order valence-electron chi connectivity index (χ1n) is 7.29. The van der Waals surface area contributed by atoms with E-state index in [9.17, 15) is 9.59 Å². The zero-order valence-corrected chi connectivity index (χ0v) is 12.6. The Morgan fingerprint density at radius 3 is 2.26 bits per heavy atom. The minimum atomic E-state index is -0.667. The van der Waals surface area contributed by atoms with Crippen molar-refractivity contribution < 1.29 is 14.3 Å². The second-order valence-corrected chi connectivity index (χ2v) is 6.27. The van der Waals surface area contributed by atoms with Crippen LogP contribution in [0.5, 0.6) is 0 Å². The van der Waals surface area contributed by atoms with Gasteiger partial charge in [0.25, 0.3) is 0 Å². The topological polar surface area (TPSA) is 72.7 Å². The van der Waals surface area contributed by atoms with E-state index in [2.05, 4.69) is 20.8 Å². The number of ketones is 1. The van der Waals surface area contributed by atoms with Gasteiger partial charge in [-0.25, -0.2) is 0 Å². The van der Waals surface area contributed by atoms with Crippen molar-refractivity contribution in [3.05, 3.63) is 0 Å². The highest BCUT2D eigenvalue weighted by Crippen LogP contribution is 2.36. The number of unbranched alkanes of at least 4 members (excludes halogenated alkanes) is 1. The van der Waals surface area contributed by atoms with Crippen LogP contribution in [0.25, 0.3) is 0 Å². The van der Waals surface area contributed by atoms with Gasteiger partial charge in [0.1, 0.15) is 5.60 Å². The third-order valence-electron chi connectivity index (χ3n) is 3.88. The lowest BCUT2D eigenvalue weighted by Crippen LogP contribution is -2.40. The molecule has 0 aliphatic carbocycles. The van der Waals surface area contributed by atoms with Gasteiger partial charge in [0.15, 0.2) is 5.78 Å². The first-order chi connectivity index (χ1) is 8.81. The number of carbonyl (C=O) groups excluding carboxylic acids is 2. The van der Waals surface area contributed by atoms with Gasteiger partial charge in [0.05, 0.1) is 6.61 Å². The third-order valence-corrected chi connectivity index (χ3v) is 3.88. The third kappa shape index (κ3) is 4.30. The first-order valence-corrected chi connectivity index (χ1v) is 7.29. The predicted octanol–water partition coefficient (Wildman–Crippen LogP) is 2.30. The molecule has 1 saturated heterocycles. The van der Waals surface area contributed by atoms with E-state index in [1.165, 1.54) is 0 Å². The number of hydrogen-bond acceptors (Lipinski definition) is 3. The van der Waals surface area contributed by atoms with Crippen molar-refractivity contribution in [2.45, 2.75) is 59.0 Å². The molecule has 2 N–H and O–H groups in total. The van der Waals surface area contributed by atoms with Crippen LogP contribution in [0.1, 0.15) is 53.4 Å². The fraction of sp³-hybridized carbons (Fsp3) is 0.867. The summed E-state index contributed by atoms with van der Waals surface area (Å²) in [5, 5.41) is 0. The first kappa shape index (κ1) is 16.2. The Morgan fingerprint density at radius 2 is 1.89 bits per heavy atom. The lowest BCUT2D eigenvalue weighted by molar-refractivity contribution is -0.135. The Hall–Kier alpha value is -0.900. The van der Waals surface area contributed by atoms with Gasteiger partial charge in [0, 0.05) is 11.8 Å². The van der Waals surface area contributed by atoms with Gasteiger partial charge < -0.3 is 10.5 Å². The number of rotatable bonds is 9. The minimum Gasteiger partial charge on any atom is -0.369 e. The van der Waals surface area contributed by atoms with Gasteiger partial charge >= 0.3 is 0 Å². The number of hydrogen-bond donors (Lipinski definition) is 1. The summed E-state index contributed by atoms with van der Waals surface area (Å²) in [4.78, 5) is 24.2. The smallest absolute Gasteiger partial charge is 0.221 e. The Balaban J connectivity index is 2.85. The summed E-state index contributed by atoms with van der Waals surface area (Å²) in [5.41, 5.74) is 4.86. The lowest BCUT2D eigenvalue weighted by atomic mass is 9.76. The van der Waals surface area contributed by atoms with Crippen LogP contribution in [0.4, 0.5) is 0 Å². The van der Waals surface area contributed by atoms with Crippen LogP contribution in [0, 0.1) is 17.8 Å². The molecule has 4 nitrogen and oxygen atoms in total. The van der Waals surface area contributed by atoms with Gasteiger partial charge in [-0.05, 0) is 25.7 Å². The summed E-state index contributed by atoms with van der Waals surface area (Å²) in [5.74, 6) is -0.579. The molecule has 0 radical (unpaired) electrons. The number of ether oxygens (including phenoxy) is 1. The maximum atomic E-state index is 12.5. The molecular formula is C15H27NO3. The van der Waals surface area contributed by atoms with Crippen LogP contribution in [0.15, 0.2) is 0 Å². The molecule has 1 aliphatic heterocycles. The average molecular weight is 269 g/mol. The largest absolute Gasteiger partial charge is 0.369 e. The molecule has 4 heteroatoms. The van der Waals surface area contributed by atoms with Crippen molar-refractivity contribution in [3.8, 4) is 0 Å². The maximum Gasteiger partial charge on any atom is 0.221 e. The van der Waals surface area contributed by atoms with Crippen LogP contribution in [-0.4, -0.2) is 23.9 Å². The van der Waals surface area contributed by atoms with Crippen LogP contribution in [0.3, 0.4) is 0 Å². The molecule has 0 aromatic heterocycles. The lowest BCUT2D eigenvalue weighted by Gasteiger charge is -2.26. The Kier molecular flexibility index (Phi) is 5.53. The molecule has 1 amide bonds. The van der Waals surface area contributed by atoms with Crippen molar-refractivity contribution in [1.29, 1.82) is 0 Å². The van der Waals surface area contributed by atoms with Gasteiger partial charge in [0.2, 0.25) is 5.91 Å². The summed E-state index contributed by atoms with van der Waals surface area (Å²) in [6.45, 7) is 8.48. The average Bonchev–Trinajstić information content (AvgIpc) is 3.06. The van der Waals surface area contributed by atoms with E-state index in [0.29, 0.717) is 25.4 Å². The summed E-state index contributed by atoms with van der Waals surface area (Å²) in [6, 6.07) is 0. The van der Waals surface area contributed by atoms with Gasteiger partial charge in [-0.1, -0.05) is 33.6 Å². The van der Waals surface area contributed by atoms with Crippen LogP contribution in [-0.2, 0) is 14.3 Å². The van der Waals surface area contributed by atoms with Crippen molar-refractivity contribution in [2.75, 3.05) is 6.61 Å². The fourth-order valence-corrected chi connectivity index (χ4v) is 2.57. The Morgan fingerprint density at radius 1 is 1.32 bits per heavy atom. The molecule has 0 aromatic carbocycles. The predicted molar refractivity (Wildman–Crippen MR) is 74.5 cm³/mol. The van der Waals surface area contributed by atoms with Crippen molar-refractivity contribution in [1.82, 2.24) is 0 Å². The molecule has 0 spiro atoms. The molecular weight excluding hydrogens is 242 g/mol. The summed E-state index contributed by atoms with van der Waals surface area (Å²) >= 11 is 0. The molecule has 1 rings (SSSR count). The van der Waals surface area contributed by atoms with Crippen molar-refractivity contribution >= 4 is 11.7 Å². The van der Waals surface area contributed by atoms with Gasteiger partial charge in [-0.3, -0.25) is 9.59 Å². The standard InChI is InChI=1S/C15H27NO3/c1-5-6-7-11(14(16)18)12(8-10(2)3)13(17)15(4)9-19-15/h10-12H,5-9H2,1-4H3,(H2,16,18)/t11?,12-,15+/m0/s1. The molecule has 1 heterocycles. The zero-order chi connectivity index (χ0) is 14.6. The highest BCUT2D eigenvalue weighted by Gasteiger charge is 2.51. The molecule has 3 atom stereocenters. The van der Waals surface area contributed by atoms with Gasteiger partial charge in [-0.2, -0.15) is 0 Å². The second-order valence-electron chi connectivity index (χ2n) is 6.27. The number of primary amides is 1. The zero-order valence-electron chi connectivity index (χ0n) is 12.6. The maximum absolute atomic E-state index is 12.5. The van der Waals surface area contributed by atoms with E-state index in [1.54, 1.807) is 6.92 Å². The normalized spacial score (nSPS) is 25.1.